The SMILES string of the molecule is CC(=O)Nc1cccc(C(=O)CC2=NC(C)(C)Cc3ccccc32)c1. The zero-order chi connectivity index (χ0) is 18.0. The number of anilines is 1. The first kappa shape index (κ1) is 17.1. The molecule has 1 aliphatic heterocycles. The molecule has 1 heterocycles. The van der Waals surface area contributed by atoms with Gasteiger partial charge in [0.2, 0.25) is 5.91 Å². The molecule has 0 aliphatic carbocycles. The van der Waals surface area contributed by atoms with Gasteiger partial charge in [0.1, 0.15) is 0 Å². The summed E-state index contributed by atoms with van der Waals surface area (Å²) >= 11 is 0. The Hall–Kier alpha value is -2.75. The molecule has 1 amide bonds. The highest BCUT2D eigenvalue weighted by Crippen LogP contribution is 2.28. The van der Waals surface area contributed by atoms with Gasteiger partial charge in [0.05, 0.1) is 17.7 Å². The maximum atomic E-state index is 12.8. The molecule has 4 heteroatoms. The number of nitrogens with one attached hydrogen (secondary N) is 1. The number of nitrogens with zero attached hydrogens (tertiary/aromatic N) is 1. The largest absolute Gasteiger partial charge is 0.326 e. The quantitative estimate of drug-likeness (QED) is 0.858. The van der Waals surface area contributed by atoms with E-state index in [0.29, 0.717) is 11.3 Å². The maximum absolute atomic E-state index is 12.8. The Morgan fingerprint density at radius 1 is 1.12 bits per heavy atom. The van der Waals surface area contributed by atoms with Crippen LogP contribution in [0.5, 0.6) is 0 Å². The van der Waals surface area contributed by atoms with E-state index in [1.54, 1.807) is 24.3 Å². The molecule has 0 bridgehead atoms. The smallest absolute Gasteiger partial charge is 0.221 e. The Morgan fingerprint density at radius 2 is 1.88 bits per heavy atom. The summed E-state index contributed by atoms with van der Waals surface area (Å²) in [6, 6.07) is 15.2. The standard InChI is InChI=1S/C21H22N2O2/c1-14(24)22-17-9-6-8-15(11-17)20(25)12-19-18-10-5-4-7-16(18)13-21(2,3)23-19/h4-11H,12-13H2,1-3H3,(H,22,24). The number of ketones is 1. The molecular weight excluding hydrogens is 312 g/mol. The van der Waals surface area contributed by atoms with Gasteiger partial charge in [0.25, 0.3) is 0 Å². The molecule has 25 heavy (non-hydrogen) atoms. The normalized spacial score (nSPS) is 15.1. The lowest BCUT2D eigenvalue weighted by atomic mass is 9.85. The molecule has 128 valence electrons. The summed E-state index contributed by atoms with van der Waals surface area (Å²) in [4.78, 5) is 28.8. The number of rotatable bonds is 4. The summed E-state index contributed by atoms with van der Waals surface area (Å²) in [6.45, 7) is 5.62. The van der Waals surface area contributed by atoms with Crippen molar-refractivity contribution in [1.82, 2.24) is 0 Å². The van der Waals surface area contributed by atoms with Gasteiger partial charge in [0, 0.05) is 18.2 Å². The van der Waals surface area contributed by atoms with Crippen LogP contribution < -0.4 is 5.32 Å². The number of amides is 1. The molecule has 0 fully saturated rings. The van der Waals surface area contributed by atoms with E-state index in [4.69, 9.17) is 4.99 Å². The molecule has 3 rings (SSSR count). The van der Waals surface area contributed by atoms with Crippen LogP contribution in [0.2, 0.25) is 0 Å². The van der Waals surface area contributed by atoms with Gasteiger partial charge >= 0.3 is 0 Å². The molecule has 0 aromatic heterocycles. The van der Waals surface area contributed by atoms with Crippen LogP contribution >= 0.6 is 0 Å². The fourth-order valence-corrected chi connectivity index (χ4v) is 3.25. The molecule has 4 nitrogen and oxygen atoms in total. The van der Waals surface area contributed by atoms with Crippen LogP contribution in [0, 0.1) is 0 Å². The molecule has 0 spiro atoms. The summed E-state index contributed by atoms with van der Waals surface area (Å²) in [7, 11) is 0. The van der Waals surface area contributed by atoms with E-state index >= 15 is 0 Å². The lowest BCUT2D eigenvalue weighted by Crippen LogP contribution is -2.30. The van der Waals surface area contributed by atoms with Crippen LogP contribution in [-0.4, -0.2) is 22.9 Å². The van der Waals surface area contributed by atoms with Gasteiger partial charge < -0.3 is 5.32 Å². The first-order valence-electron chi connectivity index (χ1n) is 8.42. The van der Waals surface area contributed by atoms with Crippen molar-refractivity contribution < 1.29 is 9.59 Å². The van der Waals surface area contributed by atoms with Crippen molar-refractivity contribution in [2.75, 3.05) is 5.32 Å². The fourth-order valence-electron chi connectivity index (χ4n) is 3.25. The lowest BCUT2D eigenvalue weighted by molar-refractivity contribution is -0.114. The summed E-state index contributed by atoms with van der Waals surface area (Å²) in [5, 5.41) is 2.71. The molecule has 0 atom stereocenters. The maximum Gasteiger partial charge on any atom is 0.221 e. The van der Waals surface area contributed by atoms with E-state index in [1.165, 1.54) is 12.5 Å². The summed E-state index contributed by atoms with van der Waals surface area (Å²) in [5.74, 6) is -0.157. The Bertz CT molecular complexity index is 866. The van der Waals surface area contributed by atoms with Crippen molar-refractivity contribution in [3.8, 4) is 0 Å². The number of fused-ring (bicyclic) bond motifs is 1. The molecule has 1 aliphatic rings. The van der Waals surface area contributed by atoms with Crippen LogP contribution in [0.15, 0.2) is 53.5 Å². The first-order valence-corrected chi connectivity index (χ1v) is 8.42. The van der Waals surface area contributed by atoms with Crippen LogP contribution in [0.4, 0.5) is 5.69 Å². The van der Waals surface area contributed by atoms with Gasteiger partial charge in [-0.1, -0.05) is 36.4 Å². The Labute approximate surface area is 148 Å². The average molecular weight is 334 g/mol. The summed E-state index contributed by atoms with van der Waals surface area (Å²) in [5.41, 5.74) is 4.13. The zero-order valence-electron chi connectivity index (χ0n) is 14.8. The van der Waals surface area contributed by atoms with Gasteiger partial charge in [-0.25, -0.2) is 0 Å². The number of hydrogen-bond donors (Lipinski definition) is 1. The second kappa shape index (κ2) is 6.63. The van der Waals surface area contributed by atoms with Gasteiger partial charge in [0.15, 0.2) is 5.78 Å². The van der Waals surface area contributed by atoms with E-state index in [1.807, 2.05) is 18.2 Å². The second-order valence-corrected chi connectivity index (χ2v) is 7.07. The Balaban J connectivity index is 1.87. The van der Waals surface area contributed by atoms with Crippen molar-refractivity contribution in [3.63, 3.8) is 0 Å². The highest BCUT2D eigenvalue weighted by Gasteiger charge is 2.27. The third-order valence-corrected chi connectivity index (χ3v) is 4.22. The first-order chi connectivity index (χ1) is 11.8. The molecule has 1 N–H and O–H groups in total. The summed E-state index contributed by atoms with van der Waals surface area (Å²) in [6.07, 6.45) is 1.13. The molecule has 0 unspecified atom stereocenters. The highest BCUT2D eigenvalue weighted by molar-refractivity contribution is 6.17. The molecule has 0 radical (unpaired) electrons. The monoisotopic (exact) mass is 334 g/mol. The van der Waals surface area contributed by atoms with Crippen LogP contribution in [0.25, 0.3) is 0 Å². The third kappa shape index (κ3) is 4.02. The second-order valence-electron chi connectivity index (χ2n) is 7.07. The van der Waals surface area contributed by atoms with Crippen molar-refractivity contribution in [2.45, 2.75) is 39.2 Å². The number of Topliss-reactive ketones (excluding diaryl/α,β-unsaturated/α-hetero) is 1. The molecular formula is C21H22N2O2. The molecule has 2 aromatic carbocycles. The predicted octanol–water partition coefficient (Wildman–Crippen LogP) is 4.04. The van der Waals surface area contributed by atoms with Crippen molar-refractivity contribution in [3.05, 3.63) is 65.2 Å². The molecule has 0 saturated carbocycles. The number of benzene rings is 2. The van der Waals surface area contributed by atoms with E-state index in [0.717, 1.165) is 17.7 Å². The van der Waals surface area contributed by atoms with E-state index in [2.05, 4.69) is 25.2 Å². The van der Waals surface area contributed by atoms with E-state index in [-0.39, 0.29) is 23.7 Å². The zero-order valence-corrected chi connectivity index (χ0v) is 14.8. The number of hydrogen-bond acceptors (Lipinski definition) is 3. The van der Waals surface area contributed by atoms with E-state index < -0.39 is 0 Å². The van der Waals surface area contributed by atoms with E-state index in [9.17, 15) is 9.59 Å². The molecule has 2 aromatic rings. The number of aliphatic imine (C=N–C) groups is 1. The third-order valence-electron chi connectivity index (χ3n) is 4.22. The molecule has 0 saturated heterocycles. The highest BCUT2D eigenvalue weighted by atomic mass is 16.1. The van der Waals surface area contributed by atoms with Gasteiger partial charge in [-0.05, 0) is 43.5 Å². The van der Waals surface area contributed by atoms with Crippen LogP contribution in [0.3, 0.4) is 0 Å². The lowest BCUT2D eigenvalue weighted by Gasteiger charge is -2.29. The number of carbonyl (C=O) groups is 2. The van der Waals surface area contributed by atoms with Gasteiger partial charge in [-0.3, -0.25) is 14.6 Å². The Morgan fingerprint density at radius 3 is 2.64 bits per heavy atom. The van der Waals surface area contributed by atoms with Gasteiger partial charge in [-0.15, -0.1) is 0 Å². The Kier molecular flexibility index (Phi) is 4.53. The summed E-state index contributed by atoms with van der Waals surface area (Å²) < 4.78 is 0. The number of carbonyl (C=O) groups excluding carboxylic acids is 2. The van der Waals surface area contributed by atoms with Crippen LogP contribution in [0.1, 0.15) is 48.7 Å². The van der Waals surface area contributed by atoms with Gasteiger partial charge in [-0.2, -0.15) is 0 Å². The van der Waals surface area contributed by atoms with Crippen LogP contribution in [-0.2, 0) is 11.2 Å². The minimum absolute atomic E-state index is 0.00143. The average Bonchev–Trinajstić information content (AvgIpc) is 2.53. The minimum atomic E-state index is -0.206. The minimum Gasteiger partial charge on any atom is -0.326 e. The fraction of sp³-hybridized carbons (Fsp3) is 0.286. The topological polar surface area (TPSA) is 58.5 Å². The van der Waals surface area contributed by atoms with Crippen molar-refractivity contribution >= 4 is 23.1 Å². The predicted molar refractivity (Wildman–Crippen MR) is 100 cm³/mol. The van der Waals surface area contributed by atoms with Crippen molar-refractivity contribution in [2.24, 2.45) is 4.99 Å². The van der Waals surface area contributed by atoms with Crippen molar-refractivity contribution in [1.29, 1.82) is 0 Å².